The zero-order valence-electron chi connectivity index (χ0n) is 33.4. The van der Waals surface area contributed by atoms with Crippen LogP contribution in [0.15, 0.2) is 95.2 Å². The zero-order valence-corrected chi connectivity index (χ0v) is 33.4. The molecule has 1 aromatic carbocycles. The van der Waals surface area contributed by atoms with Crippen LogP contribution in [0.1, 0.15) is 70.4 Å². The molecular formula is C46H66N2O7. The molecule has 9 heteroatoms. The van der Waals surface area contributed by atoms with Crippen LogP contribution in [-0.4, -0.2) is 95.8 Å². The van der Waals surface area contributed by atoms with E-state index in [-0.39, 0.29) is 62.1 Å². The Bertz CT molecular complexity index is 1650. The average molecular weight is 759 g/mol. The van der Waals surface area contributed by atoms with Crippen LogP contribution in [0.5, 0.6) is 0 Å². The number of fused-ring (bicyclic) bond motifs is 5. The summed E-state index contributed by atoms with van der Waals surface area (Å²) < 4.78 is 5.93. The van der Waals surface area contributed by atoms with Crippen molar-refractivity contribution in [1.82, 2.24) is 10.6 Å². The minimum atomic E-state index is -1.23. The number of nitrogens with one attached hydrogen (secondary N) is 2. The summed E-state index contributed by atoms with van der Waals surface area (Å²) in [6, 6.07) is 8.75. The molecule has 7 N–H and O–H groups in total. The van der Waals surface area contributed by atoms with E-state index in [9.17, 15) is 30.3 Å². The van der Waals surface area contributed by atoms with Crippen molar-refractivity contribution in [3.8, 4) is 0 Å². The van der Waals surface area contributed by atoms with Crippen molar-refractivity contribution in [3.63, 3.8) is 0 Å². The highest BCUT2D eigenvalue weighted by atomic mass is 16.5. The predicted octanol–water partition coefficient (Wildman–Crippen LogP) is 4.90. The molecule has 0 saturated heterocycles. The number of hydrogen-bond donors (Lipinski definition) is 7. The molecule has 4 aliphatic rings. The summed E-state index contributed by atoms with van der Waals surface area (Å²) in [5, 5.41) is 62.8. The molecule has 302 valence electrons. The molecule has 1 heterocycles. The van der Waals surface area contributed by atoms with Crippen LogP contribution in [0.25, 0.3) is 0 Å². The summed E-state index contributed by atoms with van der Waals surface area (Å²) in [4.78, 5) is 12.4. The maximum absolute atomic E-state index is 12.9. The lowest BCUT2D eigenvalue weighted by Crippen LogP contribution is -2.65. The van der Waals surface area contributed by atoms with E-state index in [0.29, 0.717) is 50.6 Å². The topological polar surface area (TPSA) is 152 Å². The van der Waals surface area contributed by atoms with E-state index in [4.69, 9.17) is 4.74 Å². The van der Waals surface area contributed by atoms with E-state index in [2.05, 4.69) is 66.6 Å². The van der Waals surface area contributed by atoms with Crippen molar-refractivity contribution >= 4 is 6.29 Å². The first-order valence-electron chi connectivity index (χ1n) is 20.4. The van der Waals surface area contributed by atoms with Crippen LogP contribution in [0.3, 0.4) is 0 Å². The minimum Gasteiger partial charge on any atom is -0.396 e. The fourth-order valence-corrected chi connectivity index (χ4v) is 10.4. The van der Waals surface area contributed by atoms with Gasteiger partial charge in [0.15, 0.2) is 0 Å². The first-order valence-corrected chi connectivity index (χ1v) is 20.4. The van der Waals surface area contributed by atoms with Gasteiger partial charge in [-0.2, -0.15) is 0 Å². The van der Waals surface area contributed by atoms with Crippen molar-refractivity contribution < 1.29 is 35.1 Å². The van der Waals surface area contributed by atoms with Gasteiger partial charge in [0.05, 0.1) is 31.5 Å². The summed E-state index contributed by atoms with van der Waals surface area (Å²) in [5.41, 5.74) is 4.56. The molecule has 55 heavy (non-hydrogen) atoms. The molecule has 5 rings (SSSR count). The number of benzene rings is 1. The molecule has 1 spiro atoms. The molecule has 0 radical (unpaired) electrons. The van der Waals surface area contributed by atoms with Gasteiger partial charge in [-0.1, -0.05) is 78.4 Å². The molecular weight excluding hydrogens is 693 g/mol. The normalized spacial score (nSPS) is 35.0. The SMILES string of the molecule is C=C(C=CC=C(COCCO)[C@H]1CC[C@]2([C@@H]1O)[C@H]1C(=C(C)C=O)[C@@H](C=C[C@H]1CCO)C[C@]2(O)CCNC)[C@H]1CC=C(C)[C@@H](O)N[C@H](C)Cc2cccc(c2)C1. The highest BCUT2D eigenvalue weighted by Crippen LogP contribution is 2.67. The number of carbonyl (C=O) groups is 1. The number of aliphatic hydroxyl groups excluding tert-OH is 4. The monoisotopic (exact) mass is 758 g/mol. The molecule has 0 aromatic heterocycles. The molecule has 0 unspecified atom stereocenters. The van der Waals surface area contributed by atoms with Gasteiger partial charge in [0.1, 0.15) is 12.5 Å². The van der Waals surface area contributed by atoms with E-state index in [0.717, 1.165) is 41.4 Å². The maximum Gasteiger partial charge on any atom is 0.145 e. The highest BCUT2D eigenvalue weighted by molar-refractivity contribution is 5.74. The molecule has 4 bridgehead atoms. The Kier molecular flexibility index (Phi) is 15.2. The molecule has 0 amide bonds. The summed E-state index contributed by atoms with van der Waals surface area (Å²) in [7, 11) is 1.86. The zero-order chi connectivity index (χ0) is 39.8. The molecule has 3 aliphatic carbocycles. The van der Waals surface area contributed by atoms with Gasteiger partial charge in [-0.3, -0.25) is 10.1 Å². The van der Waals surface area contributed by atoms with Crippen LogP contribution in [0.4, 0.5) is 0 Å². The third kappa shape index (κ3) is 9.43. The van der Waals surface area contributed by atoms with E-state index in [1.165, 1.54) is 11.1 Å². The van der Waals surface area contributed by atoms with Crippen molar-refractivity contribution in [1.29, 1.82) is 0 Å². The van der Waals surface area contributed by atoms with Crippen LogP contribution in [0, 0.1) is 35.0 Å². The second kappa shape index (κ2) is 19.4. The Labute approximate surface area is 328 Å². The van der Waals surface area contributed by atoms with Crippen LogP contribution < -0.4 is 10.6 Å². The van der Waals surface area contributed by atoms with Crippen molar-refractivity contribution in [2.45, 2.75) is 96.1 Å². The lowest BCUT2D eigenvalue weighted by Gasteiger charge is -2.61. The number of hydrogen-bond acceptors (Lipinski definition) is 9. The lowest BCUT2D eigenvalue weighted by atomic mass is 9.45. The number of aliphatic hydroxyl groups is 5. The van der Waals surface area contributed by atoms with Gasteiger partial charge in [-0.25, -0.2) is 0 Å². The third-order valence-corrected chi connectivity index (χ3v) is 13.1. The summed E-state index contributed by atoms with van der Waals surface area (Å²) >= 11 is 0. The first kappa shape index (κ1) is 43.1. The first-order chi connectivity index (χ1) is 26.4. The Balaban J connectivity index is 1.49. The largest absolute Gasteiger partial charge is 0.396 e. The second-order valence-electron chi connectivity index (χ2n) is 16.7. The van der Waals surface area contributed by atoms with E-state index in [1.807, 2.05) is 39.1 Å². The lowest BCUT2D eigenvalue weighted by molar-refractivity contribution is -0.194. The number of ether oxygens (including phenoxy) is 1. The second-order valence-corrected chi connectivity index (χ2v) is 16.7. The average Bonchev–Trinajstić information content (AvgIpc) is 3.51. The summed E-state index contributed by atoms with van der Waals surface area (Å²) in [5.74, 6) is -0.857. The molecule has 1 aromatic rings. The molecule has 9 nitrogen and oxygen atoms in total. The van der Waals surface area contributed by atoms with E-state index in [1.54, 1.807) is 0 Å². The smallest absolute Gasteiger partial charge is 0.145 e. The fourth-order valence-electron chi connectivity index (χ4n) is 10.4. The summed E-state index contributed by atoms with van der Waals surface area (Å²) in [6.45, 7) is 11.1. The van der Waals surface area contributed by atoms with E-state index < -0.39 is 23.3 Å². The van der Waals surface area contributed by atoms with Gasteiger partial charge >= 0.3 is 0 Å². The Hall–Kier alpha value is -2.99. The molecule has 2 fully saturated rings. The standard InChI is InChI=1S/C46H66N2O7/c1-30(37-13-12-31(2)44(53)48-33(4)24-34-9-7-10-35(25-34)26-37)8-6-11-39(29-55-23-22-50)40-16-18-46(43(40)52)42-36(17-21-49)14-15-38(41(42)32(3)28-51)27-45(46,54)19-20-47-5/h6-12,14-15,25,28,33,36-38,40,42-44,47-50,52-54H,1,13,16-24,26-27,29H2,2-5H3/t33-,36+,37+,38+,40-,42-,43-,44-,45-,46-/m1/s1. The van der Waals surface area contributed by atoms with Gasteiger partial charge in [-0.15, -0.1) is 0 Å². The number of allylic oxidation sites excluding steroid dienone is 9. The summed E-state index contributed by atoms with van der Waals surface area (Å²) in [6.07, 6.45) is 16.3. The fraction of sp³-hybridized carbons (Fsp3) is 0.587. The number of rotatable bonds is 14. The third-order valence-electron chi connectivity index (χ3n) is 13.1. The van der Waals surface area contributed by atoms with Crippen LogP contribution in [-0.2, 0) is 22.4 Å². The van der Waals surface area contributed by atoms with Gasteiger partial charge in [0.2, 0.25) is 0 Å². The predicted molar refractivity (Wildman–Crippen MR) is 218 cm³/mol. The van der Waals surface area contributed by atoms with Crippen LogP contribution >= 0.6 is 0 Å². The van der Waals surface area contributed by atoms with E-state index >= 15 is 0 Å². The number of carbonyl (C=O) groups excluding carboxylic acids is 1. The minimum absolute atomic E-state index is 0.0402. The quantitative estimate of drug-likeness (QED) is 0.0462. The highest BCUT2D eigenvalue weighted by Gasteiger charge is 2.68. The van der Waals surface area contributed by atoms with Gasteiger partial charge in [0, 0.05) is 29.9 Å². The van der Waals surface area contributed by atoms with Crippen molar-refractivity contribution in [2.24, 2.45) is 35.0 Å². The van der Waals surface area contributed by atoms with Crippen molar-refractivity contribution in [2.75, 3.05) is 40.0 Å². The van der Waals surface area contributed by atoms with Crippen molar-refractivity contribution in [3.05, 3.63) is 106 Å². The van der Waals surface area contributed by atoms with Gasteiger partial charge in [0.25, 0.3) is 0 Å². The maximum atomic E-state index is 12.9. The Morgan fingerprint density at radius 2 is 1.91 bits per heavy atom. The Morgan fingerprint density at radius 3 is 2.62 bits per heavy atom. The van der Waals surface area contributed by atoms with Crippen LogP contribution in [0.2, 0.25) is 0 Å². The molecule has 1 aliphatic heterocycles. The van der Waals surface area contributed by atoms with Gasteiger partial charge in [-0.05, 0) is 131 Å². The molecule has 10 atom stereocenters. The number of aldehydes is 1. The Morgan fingerprint density at radius 1 is 1.15 bits per heavy atom. The molecule has 2 saturated carbocycles. The van der Waals surface area contributed by atoms with Gasteiger partial charge < -0.3 is 35.6 Å².